The summed E-state index contributed by atoms with van der Waals surface area (Å²) in [6.45, 7) is 0.480. The van der Waals surface area contributed by atoms with Gasteiger partial charge in [0.2, 0.25) is 0 Å². The lowest BCUT2D eigenvalue weighted by Crippen LogP contribution is -2.27. The quantitative estimate of drug-likeness (QED) is 0.900. The van der Waals surface area contributed by atoms with Crippen molar-refractivity contribution in [3.8, 4) is 5.75 Å². The fraction of sp³-hybridized carbons (Fsp3) is 0.364. The van der Waals surface area contributed by atoms with Crippen molar-refractivity contribution < 1.29 is 27.9 Å². The number of aromatic carboxylic acids is 1. The molecule has 9 heteroatoms. The molecule has 0 radical (unpaired) electrons. The first-order chi connectivity index (χ1) is 9.37. The molecule has 0 amide bonds. The number of carboxylic acids is 1. The summed E-state index contributed by atoms with van der Waals surface area (Å²) in [5.74, 6) is -1.60. The Bertz CT molecular complexity index is 639. The van der Waals surface area contributed by atoms with Crippen LogP contribution in [0.2, 0.25) is 5.02 Å². The lowest BCUT2D eigenvalue weighted by Gasteiger charge is -2.17. The zero-order chi connectivity index (χ0) is 14.9. The Morgan fingerprint density at radius 2 is 2.20 bits per heavy atom. The van der Waals surface area contributed by atoms with Gasteiger partial charge in [-0.15, -0.1) is 0 Å². The molecule has 1 heterocycles. The van der Waals surface area contributed by atoms with Crippen LogP contribution in [0.3, 0.4) is 0 Å². The van der Waals surface area contributed by atoms with E-state index in [0.717, 1.165) is 16.6 Å². The van der Waals surface area contributed by atoms with E-state index in [9.17, 15) is 13.2 Å². The van der Waals surface area contributed by atoms with Gasteiger partial charge >= 0.3 is 5.97 Å². The van der Waals surface area contributed by atoms with E-state index in [2.05, 4.69) is 0 Å². The van der Waals surface area contributed by atoms with E-state index in [1.54, 1.807) is 0 Å². The van der Waals surface area contributed by atoms with E-state index in [0.29, 0.717) is 6.42 Å². The Morgan fingerprint density at radius 1 is 1.50 bits per heavy atom. The van der Waals surface area contributed by atoms with Gasteiger partial charge in [-0.1, -0.05) is 16.1 Å². The highest BCUT2D eigenvalue weighted by Gasteiger charge is 2.33. The van der Waals surface area contributed by atoms with Crippen LogP contribution < -0.4 is 4.74 Å². The summed E-state index contributed by atoms with van der Waals surface area (Å²) >= 11 is 5.79. The Labute approximate surface area is 120 Å². The summed E-state index contributed by atoms with van der Waals surface area (Å²) < 4.78 is 30.6. The van der Waals surface area contributed by atoms with Crippen LogP contribution in [-0.4, -0.2) is 44.2 Å². The van der Waals surface area contributed by atoms with E-state index in [1.807, 2.05) is 0 Å². The smallest absolute Gasteiger partial charge is 0.339 e. The summed E-state index contributed by atoms with van der Waals surface area (Å²) in [7, 11) is -2.83. The van der Waals surface area contributed by atoms with Gasteiger partial charge in [-0.05, 0) is 18.6 Å². The first-order valence-corrected chi connectivity index (χ1v) is 7.46. The van der Waals surface area contributed by atoms with Crippen molar-refractivity contribution in [1.29, 1.82) is 0 Å². The van der Waals surface area contributed by atoms with Gasteiger partial charge in [-0.25, -0.2) is 13.2 Å². The lowest BCUT2D eigenvalue weighted by atomic mass is 10.2. The van der Waals surface area contributed by atoms with Crippen molar-refractivity contribution in [3.63, 3.8) is 0 Å². The number of carboxylic acid groups (broad SMARTS) is 1. The number of carbonyl (C=O) groups is 1. The Balaban J connectivity index is 2.64. The van der Waals surface area contributed by atoms with Crippen LogP contribution in [0.15, 0.2) is 17.0 Å². The maximum Gasteiger partial charge on any atom is 0.339 e. The van der Waals surface area contributed by atoms with Crippen molar-refractivity contribution >= 4 is 27.6 Å². The van der Waals surface area contributed by atoms with Crippen molar-refractivity contribution in [2.45, 2.75) is 11.3 Å². The van der Waals surface area contributed by atoms with Gasteiger partial charge in [0, 0.05) is 11.6 Å². The van der Waals surface area contributed by atoms with Gasteiger partial charge < -0.3 is 9.84 Å². The lowest BCUT2D eigenvalue weighted by molar-refractivity contribution is -0.0285. The standard InChI is InChI=1S/C11H12ClNO6S/c1-18-10-8(11(14)15)5-7(12)6-9(10)20(16,17)13-3-2-4-19-13/h5-6H,2-4H2,1H3,(H,14,15). The van der Waals surface area contributed by atoms with Crippen LogP contribution in [0, 0.1) is 0 Å². The van der Waals surface area contributed by atoms with E-state index < -0.39 is 16.0 Å². The third kappa shape index (κ3) is 2.59. The molecule has 20 heavy (non-hydrogen) atoms. The van der Waals surface area contributed by atoms with Crippen LogP contribution in [-0.2, 0) is 14.9 Å². The molecule has 2 rings (SSSR count). The van der Waals surface area contributed by atoms with Gasteiger partial charge in [0.05, 0.1) is 13.7 Å². The van der Waals surface area contributed by atoms with Gasteiger partial charge in [0.1, 0.15) is 10.5 Å². The second kappa shape index (κ2) is 5.57. The fourth-order valence-corrected chi connectivity index (χ4v) is 3.64. The SMILES string of the molecule is COc1c(C(=O)O)cc(Cl)cc1S(=O)(=O)N1CCCO1. The normalized spacial score (nSPS) is 16.3. The molecule has 0 atom stereocenters. The Kier molecular flexibility index (Phi) is 4.19. The fourth-order valence-electron chi connectivity index (χ4n) is 1.85. The summed E-state index contributed by atoms with van der Waals surface area (Å²) in [5, 5.41) is 9.09. The third-order valence-electron chi connectivity index (χ3n) is 2.72. The van der Waals surface area contributed by atoms with Gasteiger partial charge in [0.25, 0.3) is 10.0 Å². The van der Waals surface area contributed by atoms with E-state index in [-0.39, 0.29) is 34.4 Å². The summed E-state index contributed by atoms with van der Waals surface area (Å²) in [6, 6.07) is 2.27. The van der Waals surface area contributed by atoms with Gasteiger partial charge in [0.15, 0.2) is 5.75 Å². The molecule has 0 aliphatic carbocycles. The molecule has 7 nitrogen and oxygen atoms in total. The van der Waals surface area contributed by atoms with Crippen LogP contribution in [0.5, 0.6) is 5.75 Å². The average Bonchev–Trinajstić information content (AvgIpc) is 2.92. The topological polar surface area (TPSA) is 93.1 Å². The molecule has 1 aromatic rings. The number of benzene rings is 1. The average molecular weight is 322 g/mol. The zero-order valence-corrected chi connectivity index (χ0v) is 12.1. The molecule has 1 aromatic carbocycles. The maximum absolute atomic E-state index is 12.4. The van der Waals surface area contributed by atoms with Crippen molar-refractivity contribution in [3.05, 3.63) is 22.7 Å². The Hall–Kier alpha value is -1.35. The molecular formula is C11H12ClNO6S. The molecule has 1 aliphatic rings. The number of hydrogen-bond acceptors (Lipinski definition) is 5. The molecule has 0 spiro atoms. The molecule has 0 unspecified atom stereocenters. The van der Waals surface area contributed by atoms with Gasteiger partial charge in [-0.2, -0.15) is 0 Å². The Morgan fingerprint density at radius 3 is 2.70 bits per heavy atom. The monoisotopic (exact) mass is 321 g/mol. The minimum absolute atomic E-state index is 0.0130. The van der Waals surface area contributed by atoms with Crippen molar-refractivity contribution in [2.75, 3.05) is 20.3 Å². The van der Waals surface area contributed by atoms with E-state index in [4.69, 9.17) is 26.3 Å². The molecule has 1 aliphatic heterocycles. The van der Waals surface area contributed by atoms with E-state index in [1.165, 1.54) is 7.11 Å². The largest absolute Gasteiger partial charge is 0.494 e. The van der Waals surface area contributed by atoms with Crippen molar-refractivity contribution in [1.82, 2.24) is 4.47 Å². The zero-order valence-electron chi connectivity index (χ0n) is 10.5. The number of sulfonamides is 1. The number of ether oxygens (including phenoxy) is 1. The first kappa shape index (κ1) is 15.0. The number of methoxy groups -OCH3 is 1. The highest BCUT2D eigenvalue weighted by Crippen LogP contribution is 2.34. The number of hydroxylamine groups is 1. The molecule has 0 bridgehead atoms. The molecule has 0 aromatic heterocycles. The molecule has 1 N–H and O–H groups in total. The molecule has 0 saturated carbocycles. The first-order valence-electron chi connectivity index (χ1n) is 5.64. The summed E-state index contributed by atoms with van der Waals surface area (Å²) in [4.78, 5) is 15.8. The number of nitrogens with zero attached hydrogens (tertiary/aromatic N) is 1. The third-order valence-corrected chi connectivity index (χ3v) is 4.62. The molecular weight excluding hydrogens is 310 g/mol. The summed E-state index contributed by atoms with van der Waals surface area (Å²) in [6.07, 6.45) is 0.563. The van der Waals surface area contributed by atoms with Crippen LogP contribution in [0.25, 0.3) is 0 Å². The van der Waals surface area contributed by atoms with Gasteiger partial charge in [-0.3, -0.25) is 4.84 Å². The van der Waals surface area contributed by atoms with Crippen molar-refractivity contribution in [2.24, 2.45) is 0 Å². The highest BCUT2D eigenvalue weighted by atomic mass is 35.5. The number of hydrogen-bond donors (Lipinski definition) is 1. The summed E-state index contributed by atoms with van der Waals surface area (Å²) in [5.41, 5.74) is -0.322. The molecule has 110 valence electrons. The van der Waals surface area contributed by atoms with Crippen LogP contribution >= 0.6 is 11.6 Å². The second-order valence-electron chi connectivity index (χ2n) is 4.01. The number of rotatable bonds is 4. The predicted octanol–water partition coefficient (Wildman–Crippen LogP) is 1.37. The predicted molar refractivity (Wildman–Crippen MR) is 69.4 cm³/mol. The van der Waals surface area contributed by atoms with Crippen LogP contribution in [0.1, 0.15) is 16.8 Å². The maximum atomic E-state index is 12.4. The molecule has 1 fully saturated rings. The minimum Gasteiger partial charge on any atom is -0.494 e. The van der Waals surface area contributed by atoms with E-state index >= 15 is 0 Å². The highest BCUT2D eigenvalue weighted by molar-refractivity contribution is 7.89. The second-order valence-corrected chi connectivity index (χ2v) is 6.24. The minimum atomic E-state index is -4.02. The number of halogens is 1. The molecule has 1 saturated heterocycles. The van der Waals surface area contributed by atoms with Crippen LogP contribution in [0.4, 0.5) is 0 Å².